The van der Waals surface area contributed by atoms with E-state index < -0.39 is 0 Å². The molecular weight excluding hydrogens is 358 g/mol. The van der Waals surface area contributed by atoms with E-state index in [2.05, 4.69) is 12.1 Å². The van der Waals surface area contributed by atoms with Crippen molar-refractivity contribution in [3.63, 3.8) is 0 Å². The van der Waals surface area contributed by atoms with Gasteiger partial charge in [0.05, 0.1) is 13.1 Å². The van der Waals surface area contributed by atoms with Gasteiger partial charge in [0.25, 0.3) is 0 Å². The molecule has 0 aromatic heterocycles. The molecule has 4 heteroatoms. The number of quaternary nitrogens is 1. The van der Waals surface area contributed by atoms with Gasteiger partial charge in [0, 0.05) is 6.08 Å². The van der Waals surface area contributed by atoms with Crippen LogP contribution >= 0.6 is 0 Å². The van der Waals surface area contributed by atoms with Crippen molar-refractivity contribution in [1.82, 2.24) is 0 Å². The Kier molecular flexibility index (Phi) is 9.09. The second-order valence-electron chi connectivity index (χ2n) is 6.95. The first kappa shape index (κ1) is 21.2. The summed E-state index contributed by atoms with van der Waals surface area (Å²) in [5.41, 5.74) is 2.07. The van der Waals surface area contributed by atoms with Crippen LogP contribution in [0.4, 0.5) is 0 Å². The first-order valence-corrected chi connectivity index (χ1v) is 9.63. The Morgan fingerprint density at radius 1 is 0.926 bits per heavy atom. The Labute approximate surface area is 168 Å². The zero-order valence-electron chi connectivity index (χ0n) is 15.6. The summed E-state index contributed by atoms with van der Waals surface area (Å²) in [6, 6.07) is 19.9. The smallest absolute Gasteiger partial charge is 0.331 e. The van der Waals surface area contributed by atoms with Gasteiger partial charge in [0.2, 0.25) is 0 Å². The van der Waals surface area contributed by atoms with Crippen molar-refractivity contribution >= 4 is 12.0 Å². The maximum atomic E-state index is 12.4. The van der Waals surface area contributed by atoms with Crippen LogP contribution in [0.2, 0.25) is 0 Å². The van der Waals surface area contributed by atoms with Crippen molar-refractivity contribution in [3.05, 3.63) is 77.9 Å². The standard InChI is InChI=1S/C23H27NO2.ClH/c25-23(16-15-20-11-5-3-6-12-20)26-22(21-13-7-4-8-14-21)19-24-17-9-1-2-10-18-24;/h3-8,11-16,22H,1-2,9-10,17-19H2;1H/b16-15+;. The Morgan fingerprint density at radius 2 is 1.52 bits per heavy atom. The lowest BCUT2D eigenvalue weighted by molar-refractivity contribution is -0.902. The van der Waals surface area contributed by atoms with Gasteiger partial charge >= 0.3 is 5.97 Å². The van der Waals surface area contributed by atoms with E-state index in [0.29, 0.717) is 0 Å². The summed E-state index contributed by atoms with van der Waals surface area (Å²) in [5.74, 6) is -0.281. The lowest BCUT2D eigenvalue weighted by atomic mass is 10.1. The van der Waals surface area contributed by atoms with Crippen LogP contribution in [-0.4, -0.2) is 25.6 Å². The van der Waals surface area contributed by atoms with Crippen LogP contribution in [0, 0.1) is 0 Å². The van der Waals surface area contributed by atoms with E-state index in [-0.39, 0.29) is 24.5 Å². The molecule has 3 nitrogen and oxygen atoms in total. The summed E-state index contributed by atoms with van der Waals surface area (Å²) in [7, 11) is 0. The van der Waals surface area contributed by atoms with Gasteiger partial charge < -0.3 is 22.0 Å². The third-order valence-electron chi connectivity index (χ3n) is 4.93. The van der Waals surface area contributed by atoms with E-state index in [1.165, 1.54) is 49.7 Å². The van der Waals surface area contributed by atoms with Gasteiger partial charge in [-0.25, -0.2) is 4.79 Å². The zero-order valence-corrected chi connectivity index (χ0v) is 16.4. The van der Waals surface area contributed by atoms with Crippen LogP contribution in [0.3, 0.4) is 0 Å². The Hall–Kier alpha value is -2.10. The largest absolute Gasteiger partial charge is 1.00 e. The van der Waals surface area contributed by atoms with Crippen LogP contribution < -0.4 is 17.3 Å². The lowest BCUT2D eigenvalue weighted by Gasteiger charge is -2.23. The third-order valence-corrected chi connectivity index (χ3v) is 4.93. The van der Waals surface area contributed by atoms with Crippen molar-refractivity contribution < 1.29 is 26.8 Å². The van der Waals surface area contributed by atoms with E-state index in [1.54, 1.807) is 0 Å². The lowest BCUT2D eigenvalue weighted by Crippen LogP contribution is -3.12. The number of rotatable bonds is 6. The molecule has 0 aliphatic carbocycles. The number of halogens is 1. The minimum atomic E-state index is -0.281. The van der Waals surface area contributed by atoms with Crippen molar-refractivity contribution in [3.8, 4) is 0 Å². The fourth-order valence-corrected chi connectivity index (χ4v) is 3.50. The van der Waals surface area contributed by atoms with Gasteiger partial charge in [-0.1, -0.05) is 60.7 Å². The first-order valence-electron chi connectivity index (χ1n) is 9.63. The zero-order chi connectivity index (χ0) is 18.0. The molecule has 1 aliphatic rings. The van der Waals surface area contributed by atoms with Crippen molar-refractivity contribution in [2.45, 2.75) is 31.8 Å². The third kappa shape index (κ3) is 7.20. The topological polar surface area (TPSA) is 30.7 Å². The van der Waals surface area contributed by atoms with Crippen molar-refractivity contribution in [1.29, 1.82) is 0 Å². The van der Waals surface area contributed by atoms with E-state index in [1.807, 2.05) is 54.6 Å². The second kappa shape index (κ2) is 11.6. The SMILES string of the molecule is O=C(/C=C/c1ccccc1)OC(C[NH+]1CCCCCC1)c1ccccc1.[Cl-]. The number of benzene rings is 2. The highest BCUT2D eigenvalue weighted by molar-refractivity contribution is 5.87. The summed E-state index contributed by atoms with van der Waals surface area (Å²) in [4.78, 5) is 13.9. The minimum absolute atomic E-state index is 0. The summed E-state index contributed by atoms with van der Waals surface area (Å²) in [5, 5.41) is 0. The van der Waals surface area contributed by atoms with E-state index in [4.69, 9.17) is 4.74 Å². The maximum absolute atomic E-state index is 12.4. The molecule has 1 heterocycles. The van der Waals surface area contributed by atoms with Crippen LogP contribution in [0.1, 0.15) is 42.9 Å². The quantitative estimate of drug-likeness (QED) is 0.578. The number of esters is 1. The van der Waals surface area contributed by atoms with Gasteiger partial charge in [-0.05, 0) is 42.9 Å². The van der Waals surface area contributed by atoms with Crippen LogP contribution in [0.25, 0.3) is 6.08 Å². The summed E-state index contributed by atoms with van der Waals surface area (Å²) in [6.45, 7) is 3.18. The second-order valence-corrected chi connectivity index (χ2v) is 6.95. The molecule has 1 fully saturated rings. The van der Waals surface area contributed by atoms with Gasteiger partial charge in [-0.3, -0.25) is 0 Å². The van der Waals surface area contributed by atoms with Crippen LogP contribution in [0.15, 0.2) is 66.7 Å². The molecule has 3 rings (SSSR count). The predicted octanol–water partition coefficient (Wildman–Crippen LogP) is 0.447. The first-order chi connectivity index (χ1) is 12.8. The fraction of sp³-hybridized carbons (Fsp3) is 0.348. The molecule has 27 heavy (non-hydrogen) atoms. The highest BCUT2D eigenvalue weighted by Crippen LogP contribution is 2.16. The van der Waals surface area contributed by atoms with Gasteiger partial charge in [-0.15, -0.1) is 0 Å². The summed E-state index contributed by atoms with van der Waals surface area (Å²) < 4.78 is 5.86. The highest BCUT2D eigenvalue weighted by atomic mass is 35.5. The molecule has 1 N–H and O–H groups in total. The molecule has 1 atom stereocenters. The fourth-order valence-electron chi connectivity index (χ4n) is 3.50. The molecular formula is C23H28ClNO2. The molecule has 1 saturated heterocycles. The molecule has 0 spiro atoms. The molecule has 1 aliphatic heterocycles. The number of likely N-dealkylation sites (tertiary alicyclic amines) is 1. The number of hydrogen-bond acceptors (Lipinski definition) is 2. The van der Waals surface area contributed by atoms with Crippen molar-refractivity contribution in [2.75, 3.05) is 19.6 Å². The highest BCUT2D eigenvalue weighted by Gasteiger charge is 2.23. The number of nitrogens with one attached hydrogen (secondary N) is 1. The minimum Gasteiger partial charge on any atom is -1.00 e. The molecule has 144 valence electrons. The Bertz CT molecular complexity index is 695. The van der Waals surface area contributed by atoms with Gasteiger partial charge in [-0.2, -0.15) is 0 Å². The van der Waals surface area contributed by atoms with E-state index >= 15 is 0 Å². The molecule has 2 aromatic rings. The summed E-state index contributed by atoms with van der Waals surface area (Å²) in [6.07, 6.45) is 8.30. The van der Waals surface area contributed by atoms with Gasteiger partial charge in [0.1, 0.15) is 6.54 Å². The summed E-state index contributed by atoms with van der Waals surface area (Å²) >= 11 is 0. The van der Waals surface area contributed by atoms with Crippen molar-refractivity contribution in [2.24, 2.45) is 0 Å². The number of carbonyl (C=O) groups excluding carboxylic acids is 1. The van der Waals surface area contributed by atoms with E-state index in [0.717, 1.165) is 17.7 Å². The number of carbonyl (C=O) groups is 1. The Morgan fingerprint density at radius 3 is 2.15 bits per heavy atom. The molecule has 1 unspecified atom stereocenters. The van der Waals surface area contributed by atoms with Crippen LogP contribution in [0.5, 0.6) is 0 Å². The molecule has 0 amide bonds. The average Bonchev–Trinajstić information content (AvgIpc) is 2.96. The molecule has 0 radical (unpaired) electrons. The Balaban J connectivity index is 0.00000261. The molecule has 0 bridgehead atoms. The van der Waals surface area contributed by atoms with E-state index in [9.17, 15) is 4.79 Å². The maximum Gasteiger partial charge on any atom is 0.331 e. The monoisotopic (exact) mass is 385 g/mol. The predicted molar refractivity (Wildman–Crippen MR) is 105 cm³/mol. The number of ether oxygens (including phenoxy) is 1. The normalized spacial score (nSPS) is 16.3. The van der Waals surface area contributed by atoms with Gasteiger partial charge in [0.15, 0.2) is 6.10 Å². The molecule has 2 aromatic carbocycles. The average molecular weight is 386 g/mol. The molecule has 0 saturated carbocycles. The number of hydrogen-bond donors (Lipinski definition) is 1. The van der Waals surface area contributed by atoms with Crippen LogP contribution in [-0.2, 0) is 9.53 Å².